The van der Waals surface area contributed by atoms with E-state index in [1.165, 1.54) is 4.52 Å². The molecular formula is C14H15N4O2+. The third-order valence-electron chi connectivity index (χ3n) is 3.08. The van der Waals surface area contributed by atoms with Gasteiger partial charge in [0, 0.05) is 0 Å². The summed E-state index contributed by atoms with van der Waals surface area (Å²) in [6, 6.07) is 9.87. The number of ether oxygens (including phenoxy) is 1. The van der Waals surface area contributed by atoms with Gasteiger partial charge in [-0.05, 0) is 12.5 Å². The smallest absolute Gasteiger partial charge is 0.302 e. The van der Waals surface area contributed by atoms with Gasteiger partial charge in [-0.25, -0.2) is 4.98 Å². The highest BCUT2D eigenvalue weighted by molar-refractivity contribution is 5.31. The summed E-state index contributed by atoms with van der Waals surface area (Å²) < 4.78 is 7.25. The Morgan fingerprint density at radius 2 is 2.15 bits per heavy atom. The summed E-state index contributed by atoms with van der Waals surface area (Å²) in [5.74, 6) is 0.503. The van der Waals surface area contributed by atoms with E-state index < -0.39 is 0 Å². The van der Waals surface area contributed by atoms with Crippen LogP contribution in [0.15, 0.2) is 47.7 Å². The lowest BCUT2D eigenvalue weighted by molar-refractivity contribution is -0.583. The van der Waals surface area contributed by atoms with Crippen LogP contribution in [0.3, 0.4) is 0 Å². The van der Waals surface area contributed by atoms with E-state index in [2.05, 4.69) is 15.1 Å². The van der Waals surface area contributed by atoms with Crippen molar-refractivity contribution in [3.8, 4) is 0 Å². The van der Waals surface area contributed by atoms with Gasteiger partial charge < -0.3 is 9.72 Å². The van der Waals surface area contributed by atoms with Gasteiger partial charge in [0.15, 0.2) is 5.82 Å². The molecule has 0 spiro atoms. The summed E-state index contributed by atoms with van der Waals surface area (Å²) in [6.07, 6.45) is 2.93. The second-order valence-corrected chi connectivity index (χ2v) is 4.55. The molecule has 102 valence electrons. The van der Waals surface area contributed by atoms with Crippen molar-refractivity contribution in [1.29, 1.82) is 0 Å². The minimum Gasteiger partial charge on any atom is -0.366 e. The van der Waals surface area contributed by atoms with Crippen LogP contribution < -0.4 is 10.1 Å². The number of aromatic nitrogens is 4. The monoisotopic (exact) mass is 271 g/mol. The van der Waals surface area contributed by atoms with Crippen molar-refractivity contribution in [1.82, 2.24) is 15.1 Å². The van der Waals surface area contributed by atoms with Gasteiger partial charge in [-0.3, -0.25) is 4.79 Å². The minimum absolute atomic E-state index is 0.189. The van der Waals surface area contributed by atoms with Crippen LogP contribution in [-0.4, -0.2) is 15.1 Å². The minimum atomic E-state index is -0.297. The zero-order valence-corrected chi connectivity index (χ0v) is 11.0. The van der Waals surface area contributed by atoms with E-state index in [4.69, 9.17) is 4.74 Å². The number of imidazole rings is 1. The molecule has 0 saturated carbocycles. The number of hydrogen-bond acceptors (Lipinski definition) is 3. The predicted molar refractivity (Wildman–Crippen MR) is 72.0 cm³/mol. The first kappa shape index (κ1) is 12.6. The SMILES string of the molecule is CC(OCc1ccccc1)c1n[n+]2c[nH]cc2c(=O)[nH]1. The lowest BCUT2D eigenvalue weighted by Crippen LogP contribution is -2.34. The Kier molecular flexibility index (Phi) is 3.30. The molecule has 1 atom stereocenters. The van der Waals surface area contributed by atoms with Gasteiger partial charge >= 0.3 is 5.56 Å². The van der Waals surface area contributed by atoms with Crippen LogP contribution in [-0.2, 0) is 11.3 Å². The van der Waals surface area contributed by atoms with E-state index in [9.17, 15) is 4.79 Å². The number of hydrogen-bond donors (Lipinski definition) is 2. The van der Waals surface area contributed by atoms with Gasteiger partial charge in [0.2, 0.25) is 0 Å². The number of fused-ring (bicyclic) bond motifs is 1. The van der Waals surface area contributed by atoms with Crippen molar-refractivity contribution in [3.63, 3.8) is 0 Å². The Morgan fingerprint density at radius 1 is 1.35 bits per heavy atom. The molecule has 0 aliphatic heterocycles. The molecule has 0 aliphatic rings. The van der Waals surface area contributed by atoms with Crippen molar-refractivity contribution in [2.75, 3.05) is 0 Å². The quantitative estimate of drug-likeness (QED) is 0.698. The maximum Gasteiger partial charge on any atom is 0.302 e. The number of nitrogens with one attached hydrogen (secondary N) is 2. The van der Waals surface area contributed by atoms with Crippen molar-refractivity contribution in [2.24, 2.45) is 0 Å². The third kappa shape index (κ3) is 2.46. The van der Waals surface area contributed by atoms with Gasteiger partial charge in [-0.2, -0.15) is 0 Å². The number of nitrogens with zero attached hydrogens (tertiary/aromatic N) is 2. The maximum atomic E-state index is 11.8. The first-order chi connectivity index (χ1) is 9.74. The third-order valence-corrected chi connectivity index (χ3v) is 3.08. The number of aromatic amines is 2. The van der Waals surface area contributed by atoms with Gasteiger partial charge in [0.05, 0.1) is 6.61 Å². The van der Waals surface area contributed by atoms with E-state index in [0.717, 1.165) is 5.56 Å². The highest BCUT2D eigenvalue weighted by Crippen LogP contribution is 2.12. The second-order valence-electron chi connectivity index (χ2n) is 4.55. The molecule has 3 rings (SSSR count). The molecular weight excluding hydrogens is 256 g/mol. The number of H-pyrrole nitrogens is 2. The standard InChI is InChI=1S/C14H14N4O2/c1-10(20-8-11-5-3-2-4-6-11)13-16-14(19)12-7-15-9-18(12)17-13/h2-7,9-10H,8H2,1H3,(H,16,17,19)/p+1. The molecule has 20 heavy (non-hydrogen) atoms. The number of benzene rings is 1. The summed E-state index contributed by atoms with van der Waals surface area (Å²) in [5, 5.41) is 4.31. The zero-order valence-electron chi connectivity index (χ0n) is 11.0. The van der Waals surface area contributed by atoms with Crippen LogP contribution in [0.1, 0.15) is 24.4 Å². The molecule has 2 aromatic heterocycles. The molecule has 1 unspecified atom stereocenters. The fraction of sp³-hybridized carbons (Fsp3) is 0.214. The molecule has 1 aromatic carbocycles. The lowest BCUT2D eigenvalue weighted by Gasteiger charge is -2.10. The van der Waals surface area contributed by atoms with Gasteiger partial charge in [-0.1, -0.05) is 39.9 Å². The van der Waals surface area contributed by atoms with Crippen molar-refractivity contribution >= 4 is 5.52 Å². The van der Waals surface area contributed by atoms with E-state index >= 15 is 0 Å². The lowest BCUT2D eigenvalue weighted by atomic mass is 10.2. The first-order valence-corrected chi connectivity index (χ1v) is 6.38. The fourth-order valence-electron chi connectivity index (χ4n) is 1.95. The first-order valence-electron chi connectivity index (χ1n) is 6.38. The highest BCUT2D eigenvalue weighted by Gasteiger charge is 2.15. The molecule has 2 heterocycles. The summed E-state index contributed by atoms with van der Waals surface area (Å²) in [4.78, 5) is 17.4. The van der Waals surface area contributed by atoms with Gasteiger partial charge in [0.1, 0.15) is 12.3 Å². The number of rotatable bonds is 4. The topological polar surface area (TPSA) is 74.9 Å². The molecule has 2 N–H and O–H groups in total. The van der Waals surface area contributed by atoms with Crippen LogP contribution in [0.2, 0.25) is 0 Å². The Balaban J connectivity index is 1.78. The fourth-order valence-corrected chi connectivity index (χ4v) is 1.95. The van der Waals surface area contributed by atoms with Crippen LogP contribution in [0.5, 0.6) is 0 Å². The zero-order chi connectivity index (χ0) is 13.9. The van der Waals surface area contributed by atoms with Crippen LogP contribution in [0.25, 0.3) is 5.52 Å². The summed E-state index contributed by atoms with van der Waals surface area (Å²) in [7, 11) is 0. The molecule has 0 bridgehead atoms. The van der Waals surface area contributed by atoms with E-state index in [1.54, 1.807) is 12.5 Å². The van der Waals surface area contributed by atoms with Crippen LogP contribution in [0.4, 0.5) is 0 Å². The Labute approximate surface area is 115 Å². The summed E-state index contributed by atoms with van der Waals surface area (Å²) in [5.41, 5.74) is 1.37. The molecule has 0 radical (unpaired) electrons. The van der Waals surface area contributed by atoms with E-state index in [-0.39, 0.29) is 11.7 Å². The molecule has 0 saturated heterocycles. The van der Waals surface area contributed by atoms with Crippen LogP contribution >= 0.6 is 0 Å². The molecule has 0 fully saturated rings. The Morgan fingerprint density at radius 3 is 2.95 bits per heavy atom. The van der Waals surface area contributed by atoms with Gasteiger partial charge in [0.25, 0.3) is 11.8 Å². The average molecular weight is 271 g/mol. The Hall–Kier alpha value is -2.47. The van der Waals surface area contributed by atoms with Gasteiger partial charge in [-0.15, -0.1) is 0 Å². The molecule has 6 nitrogen and oxygen atoms in total. The molecule has 3 aromatic rings. The Bertz CT molecular complexity index is 763. The van der Waals surface area contributed by atoms with E-state index in [0.29, 0.717) is 17.9 Å². The molecule has 0 aliphatic carbocycles. The summed E-state index contributed by atoms with van der Waals surface area (Å²) in [6.45, 7) is 2.34. The maximum absolute atomic E-state index is 11.8. The predicted octanol–water partition coefficient (Wildman–Crippen LogP) is 1.11. The van der Waals surface area contributed by atoms with Crippen molar-refractivity contribution in [2.45, 2.75) is 19.6 Å². The molecule has 0 amide bonds. The highest BCUT2D eigenvalue weighted by atomic mass is 16.5. The van der Waals surface area contributed by atoms with Crippen LogP contribution in [0, 0.1) is 0 Å². The molecule has 6 heteroatoms. The normalized spacial score (nSPS) is 12.7. The largest absolute Gasteiger partial charge is 0.366 e. The second kappa shape index (κ2) is 5.26. The van der Waals surface area contributed by atoms with Crippen molar-refractivity contribution < 1.29 is 9.25 Å². The van der Waals surface area contributed by atoms with Crippen molar-refractivity contribution in [3.05, 3.63) is 64.6 Å². The summed E-state index contributed by atoms with van der Waals surface area (Å²) >= 11 is 0. The average Bonchev–Trinajstić information content (AvgIpc) is 2.95. The van der Waals surface area contributed by atoms with E-state index in [1.807, 2.05) is 37.3 Å².